The van der Waals surface area contributed by atoms with Crippen molar-refractivity contribution in [3.63, 3.8) is 0 Å². The van der Waals surface area contributed by atoms with Gasteiger partial charge in [-0.2, -0.15) is 0 Å². The number of nitrogens with one attached hydrogen (secondary N) is 1. The average molecular weight is 550 g/mol. The van der Waals surface area contributed by atoms with Crippen molar-refractivity contribution in [2.75, 3.05) is 17.2 Å². The van der Waals surface area contributed by atoms with Gasteiger partial charge in [-0.25, -0.2) is 23.1 Å². The summed E-state index contributed by atoms with van der Waals surface area (Å²) < 4.78 is 70.1. The fourth-order valence-electron chi connectivity index (χ4n) is 4.32. The smallest absolute Gasteiger partial charge is 0.406 e. The van der Waals surface area contributed by atoms with Gasteiger partial charge in [0, 0.05) is 23.8 Å². The number of alkyl halides is 3. The van der Waals surface area contributed by atoms with Crippen LogP contribution in [0.15, 0.2) is 59.6 Å². The van der Waals surface area contributed by atoms with E-state index in [1.807, 2.05) is 23.5 Å². The predicted molar refractivity (Wildman–Crippen MR) is 135 cm³/mol. The molecule has 0 bridgehead atoms. The SMILES string of the molecule is CC1CCN(c2nc(-c3cccc(OC(F)(F)F)c3)ccc2C(=O)NS(=O)(=O)c2cccnc2N)C1(C)C. The topological polar surface area (TPSA) is 128 Å². The van der Waals surface area contributed by atoms with Gasteiger partial charge in [0.05, 0.1) is 11.3 Å². The number of aromatic nitrogens is 2. The molecule has 3 aromatic rings. The highest BCUT2D eigenvalue weighted by Crippen LogP contribution is 2.39. The molecule has 202 valence electrons. The monoisotopic (exact) mass is 549 g/mol. The van der Waals surface area contributed by atoms with E-state index in [0.29, 0.717) is 12.1 Å². The van der Waals surface area contributed by atoms with E-state index in [-0.39, 0.29) is 33.7 Å². The molecule has 4 rings (SSSR count). The molecule has 0 saturated carbocycles. The summed E-state index contributed by atoms with van der Waals surface area (Å²) in [6.07, 6.45) is -2.75. The zero-order valence-corrected chi connectivity index (χ0v) is 21.6. The molecule has 1 aromatic carbocycles. The van der Waals surface area contributed by atoms with Gasteiger partial charge in [0.25, 0.3) is 15.9 Å². The maximum absolute atomic E-state index is 13.3. The highest BCUT2D eigenvalue weighted by molar-refractivity contribution is 7.90. The minimum atomic E-state index is -4.86. The van der Waals surface area contributed by atoms with E-state index in [0.717, 1.165) is 6.42 Å². The second kappa shape index (κ2) is 9.78. The van der Waals surface area contributed by atoms with E-state index in [1.165, 1.54) is 48.7 Å². The number of nitrogens with two attached hydrogens (primary N) is 1. The van der Waals surface area contributed by atoms with Gasteiger partial charge in [0.1, 0.15) is 22.3 Å². The number of carbonyl (C=O) groups is 1. The molecule has 0 spiro atoms. The second-order valence-corrected chi connectivity index (χ2v) is 11.1. The van der Waals surface area contributed by atoms with Crippen molar-refractivity contribution in [2.45, 2.75) is 44.0 Å². The maximum atomic E-state index is 13.3. The summed E-state index contributed by atoms with van der Waals surface area (Å²) in [4.78, 5) is 23.2. The van der Waals surface area contributed by atoms with Crippen LogP contribution in [0.4, 0.5) is 24.8 Å². The van der Waals surface area contributed by atoms with Crippen molar-refractivity contribution in [2.24, 2.45) is 5.92 Å². The zero-order valence-electron chi connectivity index (χ0n) is 20.8. The van der Waals surface area contributed by atoms with Gasteiger partial charge in [-0.05, 0) is 62.6 Å². The van der Waals surface area contributed by atoms with Gasteiger partial charge in [0.15, 0.2) is 0 Å². The van der Waals surface area contributed by atoms with Crippen LogP contribution in [0.1, 0.15) is 37.6 Å². The van der Waals surface area contributed by atoms with Crippen molar-refractivity contribution in [3.05, 3.63) is 60.3 Å². The van der Waals surface area contributed by atoms with Crippen LogP contribution in [-0.2, 0) is 10.0 Å². The number of rotatable bonds is 6. The lowest BCUT2D eigenvalue weighted by molar-refractivity contribution is -0.274. The fourth-order valence-corrected chi connectivity index (χ4v) is 5.37. The molecule has 9 nitrogen and oxygen atoms in total. The maximum Gasteiger partial charge on any atom is 0.573 e. The molecule has 0 radical (unpaired) electrons. The number of ether oxygens (including phenoxy) is 1. The summed E-state index contributed by atoms with van der Waals surface area (Å²) >= 11 is 0. The summed E-state index contributed by atoms with van der Waals surface area (Å²) in [5.41, 5.74) is 5.82. The molecule has 1 fully saturated rings. The minimum Gasteiger partial charge on any atom is -0.406 e. The lowest BCUT2D eigenvalue weighted by Gasteiger charge is -2.36. The van der Waals surface area contributed by atoms with Gasteiger partial charge in [0.2, 0.25) is 0 Å². The van der Waals surface area contributed by atoms with Crippen LogP contribution in [0, 0.1) is 5.92 Å². The number of nitrogens with zero attached hydrogens (tertiary/aromatic N) is 3. The van der Waals surface area contributed by atoms with Crippen molar-refractivity contribution in [1.82, 2.24) is 14.7 Å². The normalized spacial score (nSPS) is 17.3. The highest BCUT2D eigenvalue weighted by Gasteiger charge is 2.41. The number of sulfonamides is 1. The minimum absolute atomic E-state index is 0.0235. The Balaban J connectivity index is 1.77. The number of hydrogen-bond donors (Lipinski definition) is 2. The molecule has 3 N–H and O–H groups in total. The average Bonchev–Trinajstić information content (AvgIpc) is 3.09. The Morgan fingerprint density at radius 2 is 1.92 bits per heavy atom. The molecule has 1 aliphatic rings. The van der Waals surface area contributed by atoms with E-state index in [9.17, 15) is 26.4 Å². The number of nitrogen functional groups attached to an aromatic ring is 1. The summed E-state index contributed by atoms with van der Waals surface area (Å²) in [6.45, 7) is 6.54. The van der Waals surface area contributed by atoms with Gasteiger partial charge >= 0.3 is 6.36 Å². The largest absolute Gasteiger partial charge is 0.573 e. The van der Waals surface area contributed by atoms with Crippen LogP contribution < -0.4 is 20.1 Å². The van der Waals surface area contributed by atoms with Crippen molar-refractivity contribution < 1.29 is 31.1 Å². The van der Waals surface area contributed by atoms with Gasteiger partial charge in [-0.3, -0.25) is 4.79 Å². The number of carbonyl (C=O) groups excluding carboxylic acids is 1. The van der Waals surface area contributed by atoms with Crippen LogP contribution >= 0.6 is 0 Å². The molecule has 3 heterocycles. The first-order valence-electron chi connectivity index (χ1n) is 11.6. The fraction of sp³-hybridized carbons (Fsp3) is 0.320. The van der Waals surface area contributed by atoms with Crippen molar-refractivity contribution in [1.29, 1.82) is 0 Å². The third-order valence-corrected chi connectivity index (χ3v) is 8.12. The van der Waals surface area contributed by atoms with E-state index >= 15 is 0 Å². The van der Waals surface area contributed by atoms with E-state index in [1.54, 1.807) is 6.07 Å². The van der Waals surface area contributed by atoms with Crippen molar-refractivity contribution in [3.8, 4) is 17.0 Å². The summed E-state index contributed by atoms with van der Waals surface area (Å²) in [5, 5.41) is 0. The Morgan fingerprint density at radius 1 is 1.18 bits per heavy atom. The second-order valence-electron chi connectivity index (χ2n) is 9.46. The molecule has 38 heavy (non-hydrogen) atoms. The lowest BCUT2D eigenvalue weighted by Crippen LogP contribution is -2.43. The molecule has 1 unspecified atom stereocenters. The summed E-state index contributed by atoms with van der Waals surface area (Å²) in [5.74, 6) is -1.21. The van der Waals surface area contributed by atoms with Gasteiger partial charge in [-0.15, -0.1) is 13.2 Å². The van der Waals surface area contributed by atoms with Gasteiger partial charge < -0.3 is 15.4 Å². The summed E-state index contributed by atoms with van der Waals surface area (Å²) in [6, 6.07) is 10.7. The molecule has 13 heteroatoms. The number of hydrogen-bond acceptors (Lipinski definition) is 8. The van der Waals surface area contributed by atoms with Crippen LogP contribution in [0.2, 0.25) is 0 Å². The van der Waals surface area contributed by atoms with Crippen LogP contribution in [0.3, 0.4) is 0 Å². The summed E-state index contributed by atoms with van der Waals surface area (Å²) in [7, 11) is -4.36. The van der Waals surface area contributed by atoms with E-state index < -0.39 is 33.6 Å². The quantitative estimate of drug-likeness (QED) is 0.464. The predicted octanol–water partition coefficient (Wildman–Crippen LogP) is 4.37. The Bertz CT molecular complexity index is 1480. The Labute approximate surface area is 217 Å². The highest BCUT2D eigenvalue weighted by atomic mass is 32.2. The Hall–Kier alpha value is -3.87. The standard InChI is InChI=1S/C25H26F3N5O4S/c1-15-11-13-33(24(15,2)3)22-18(23(34)32-38(35,36)20-8-5-12-30-21(20)29)9-10-19(31-22)16-6-4-7-17(14-16)37-25(26,27)28/h4-10,12,14-15H,11,13H2,1-3H3,(H2,29,30)(H,32,34). The number of halogens is 3. The van der Waals surface area contributed by atoms with E-state index in [2.05, 4.69) is 21.6 Å². The number of anilines is 2. The van der Waals surface area contributed by atoms with Crippen LogP contribution in [0.5, 0.6) is 5.75 Å². The number of pyridine rings is 2. The van der Waals surface area contributed by atoms with E-state index in [4.69, 9.17) is 5.73 Å². The first kappa shape index (κ1) is 27.2. The zero-order chi connectivity index (χ0) is 27.9. The Morgan fingerprint density at radius 3 is 2.55 bits per heavy atom. The molecular weight excluding hydrogens is 523 g/mol. The third-order valence-electron chi connectivity index (χ3n) is 6.74. The number of benzene rings is 1. The van der Waals surface area contributed by atoms with Crippen LogP contribution in [0.25, 0.3) is 11.3 Å². The molecule has 2 aromatic heterocycles. The molecule has 1 atom stereocenters. The first-order chi connectivity index (χ1) is 17.7. The van der Waals surface area contributed by atoms with Crippen molar-refractivity contribution >= 4 is 27.6 Å². The molecule has 1 amide bonds. The van der Waals surface area contributed by atoms with Crippen LogP contribution in [-0.4, -0.2) is 42.7 Å². The molecule has 1 saturated heterocycles. The third kappa shape index (κ3) is 5.52. The molecule has 1 aliphatic heterocycles. The number of amides is 1. The lowest BCUT2D eigenvalue weighted by atomic mass is 9.90. The first-order valence-corrected chi connectivity index (χ1v) is 13.1. The molecule has 0 aliphatic carbocycles. The Kier molecular flexibility index (Phi) is 6.99. The molecular formula is C25H26F3N5O4S. The van der Waals surface area contributed by atoms with Gasteiger partial charge in [-0.1, -0.05) is 19.1 Å².